The molecule has 0 aromatic rings. The summed E-state index contributed by atoms with van der Waals surface area (Å²) in [6.45, 7) is 2.90. The lowest BCUT2D eigenvalue weighted by Crippen LogP contribution is -2.43. The lowest BCUT2D eigenvalue weighted by atomic mass is 9.83. The summed E-state index contributed by atoms with van der Waals surface area (Å²) in [4.78, 5) is 0. The predicted octanol–water partition coefficient (Wildman–Crippen LogP) is 1.48. The summed E-state index contributed by atoms with van der Waals surface area (Å²) in [6.07, 6.45) is 6.32. The molecule has 0 heterocycles. The molecule has 5 heteroatoms. The molecule has 1 fully saturated rings. The molecular weight excluding hydrogens is 236 g/mol. The molecule has 2 atom stereocenters. The lowest BCUT2D eigenvalue weighted by Gasteiger charge is -2.31. The molecule has 2 N–H and O–H groups in total. The van der Waals surface area contributed by atoms with Crippen molar-refractivity contribution in [2.75, 3.05) is 19.3 Å². The van der Waals surface area contributed by atoms with Gasteiger partial charge in [-0.25, -0.2) is 13.1 Å². The lowest BCUT2D eigenvalue weighted by molar-refractivity contribution is 0.282. The van der Waals surface area contributed by atoms with Gasteiger partial charge in [0, 0.05) is 6.04 Å². The van der Waals surface area contributed by atoms with Gasteiger partial charge < -0.3 is 5.32 Å². The molecular formula is C12H26N2O2S. The summed E-state index contributed by atoms with van der Waals surface area (Å²) in [7, 11) is -1.24. The first-order chi connectivity index (χ1) is 8.09. The quantitative estimate of drug-likeness (QED) is 0.683. The number of nitrogens with one attached hydrogen (secondary N) is 2. The van der Waals surface area contributed by atoms with Crippen LogP contribution in [-0.2, 0) is 10.0 Å². The minimum atomic E-state index is -3.09. The fourth-order valence-electron chi connectivity index (χ4n) is 2.58. The van der Waals surface area contributed by atoms with E-state index in [4.69, 9.17) is 0 Å². The van der Waals surface area contributed by atoms with Crippen LogP contribution in [0.5, 0.6) is 0 Å². The molecule has 4 nitrogen and oxygen atoms in total. The third-order valence-electron chi connectivity index (χ3n) is 3.60. The van der Waals surface area contributed by atoms with Gasteiger partial charge in [0.05, 0.1) is 5.75 Å². The average Bonchev–Trinajstić information content (AvgIpc) is 2.29. The summed E-state index contributed by atoms with van der Waals surface area (Å²) >= 11 is 0. The summed E-state index contributed by atoms with van der Waals surface area (Å²) < 4.78 is 26.7. The standard InChI is InChI=1S/C12H26N2O2S/c1-3-11-7-4-5-8-12(11)14-17(15,16)10-6-9-13-2/h11-14H,3-10H2,1-2H3. The average molecular weight is 262 g/mol. The first kappa shape index (κ1) is 14.9. The molecule has 0 aliphatic heterocycles. The van der Waals surface area contributed by atoms with E-state index >= 15 is 0 Å². The van der Waals surface area contributed by atoms with E-state index in [2.05, 4.69) is 17.0 Å². The molecule has 17 heavy (non-hydrogen) atoms. The van der Waals surface area contributed by atoms with Gasteiger partial charge in [-0.2, -0.15) is 0 Å². The van der Waals surface area contributed by atoms with Crippen LogP contribution in [0.15, 0.2) is 0 Å². The Kier molecular flexibility index (Phi) is 6.44. The maximum atomic E-state index is 11.9. The first-order valence-corrected chi connectivity index (χ1v) is 8.39. The molecule has 0 aromatic heterocycles. The summed E-state index contributed by atoms with van der Waals surface area (Å²) in [5.41, 5.74) is 0. The van der Waals surface area contributed by atoms with Gasteiger partial charge >= 0.3 is 0 Å². The van der Waals surface area contributed by atoms with E-state index in [9.17, 15) is 8.42 Å². The molecule has 1 saturated carbocycles. The Labute approximate surface area is 106 Å². The molecule has 0 spiro atoms. The van der Waals surface area contributed by atoms with Crippen molar-refractivity contribution in [3.8, 4) is 0 Å². The molecule has 1 aliphatic rings. The van der Waals surface area contributed by atoms with E-state index in [1.807, 2.05) is 7.05 Å². The van der Waals surface area contributed by atoms with Gasteiger partial charge in [-0.15, -0.1) is 0 Å². The summed E-state index contributed by atoms with van der Waals surface area (Å²) in [5, 5.41) is 2.97. The van der Waals surface area contributed by atoms with Crippen LogP contribution >= 0.6 is 0 Å². The van der Waals surface area contributed by atoms with Crippen LogP contribution in [0, 0.1) is 5.92 Å². The molecule has 102 valence electrons. The molecule has 0 amide bonds. The second kappa shape index (κ2) is 7.34. The second-order valence-electron chi connectivity index (χ2n) is 4.95. The highest BCUT2D eigenvalue weighted by atomic mass is 32.2. The van der Waals surface area contributed by atoms with Crippen LogP contribution < -0.4 is 10.0 Å². The molecule has 2 unspecified atom stereocenters. The highest BCUT2D eigenvalue weighted by Gasteiger charge is 2.27. The van der Waals surface area contributed by atoms with E-state index in [0.29, 0.717) is 12.3 Å². The van der Waals surface area contributed by atoms with E-state index in [0.717, 1.165) is 25.8 Å². The third-order valence-corrected chi connectivity index (χ3v) is 5.09. The molecule has 0 aromatic carbocycles. The van der Waals surface area contributed by atoms with Crippen LogP contribution in [-0.4, -0.2) is 33.8 Å². The third kappa shape index (κ3) is 5.36. The fraction of sp³-hybridized carbons (Fsp3) is 1.00. The van der Waals surface area contributed by atoms with E-state index in [1.54, 1.807) is 0 Å². The van der Waals surface area contributed by atoms with Crippen LogP contribution in [0.2, 0.25) is 0 Å². The smallest absolute Gasteiger partial charge is 0.211 e. The Morgan fingerprint density at radius 2 is 1.94 bits per heavy atom. The van der Waals surface area contributed by atoms with Crippen molar-refractivity contribution >= 4 is 10.0 Å². The van der Waals surface area contributed by atoms with E-state index < -0.39 is 10.0 Å². The van der Waals surface area contributed by atoms with Crippen molar-refractivity contribution in [2.24, 2.45) is 5.92 Å². The zero-order valence-corrected chi connectivity index (χ0v) is 11.9. The Bertz CT molecular complexity index is 304. The fourth-order valence-corrected chi connectivity index (χ4v) is 3.99. The van der Waals surface area contributed by atoms with Crippen LogP contribution in [0.25, 0.3) is 0 Å². The van der Waals surface area contributed by atoms with Crippen LogP contribution in [0.3, 0.4) is 0 Å². The Morgan fingerprint density at radius 3 is 2.59 bits per heavy atom. The SMILES string of the molecule is CCC1CCCCC1NS(=O)(=O)CCCNC. The Hall–Kier alpha value is -0.130. The summed E-state index contributed by atoms with van der Waals surface area (Å²) in [5.74, 6) is 0.767. The molecule has 0 saturated heterocycles. The van der Waals surface area contributed by atoms with E-state index in [-0.39, 0.29) is 11.8 Å². The van der Waals surface area contributed by atoms with Gasteiger partial charge in [0.15, 0.2) is 0 Å². The second-order valence-corrected chi connectivity index (χ2v) is 6.83. The number of rotatable bonds is 7. The number of hydrogen-bond donors (Lipinski definition) is 2. The highest BCUT2D eigenvalue weighted by Crippen LogP contribution is 2.27. The van der Waals surface area contributed by atoms with Crippen LogP contribution in [0.1, 0.15) is 45.4 Å². The number of sulfonamides is 1. The first-order valence-electron chi connectivity index (χ1n) is 6.73. The van der Waals surface area contributed by atoms with Crippen LogP contribution in [0.4, 0.5) is 0 Å². The van der Waals surface area contributed by atoms with Gasteiger partial charge in [-0.1, -0.05) is 26.2 Å². The topological polar surface area (TPSA) is 58.2 Å². The van der Waals surface area contributed by atoms with Crippen molar-refractivity contribution in [3.63, 3.8) is 0 Å². The van der Waals surface area contributed by atoms with E-state index in [1.165, 1.54) is 12.8 Å². The van der Waals surface area contributed by atoms with Gasteiger partial charge in [0.2, 0.25) is 10.0 Å². The van der Waals surface area contributed by atoms with Gasteiger partial charge in [0.25, 0.3) is 0 Å². The monoisotopic (exact) mass is 262 g/mol. The Balaban J connectivity index is 2.44. The van der Waals surface area contributed by atoms with Crippen molar-refractivity contribution in [1.29, 1.82) is 0 Å². The summed E-state index contributed by atoms with van der Waals surface area (Å²) in [6, 6.07) is 0.174. The van der Waals surface area contributed by atoms with Gasteiger partial charge in [-0.05, 0) is 38.8 Å². The van der Waals surface area contributed by atoms with Crippen molar-refractivity contribution in [3.05, 3.63) is 0 Å². The van der Waals surface area contributed by atoms with Gasteiger partial charge in [0.1, 0.15) is 0 Å². The molecule has 0 bridgehead atoms. The largest absolute Gasteiger partial charge is 0.320 e. The molecule has 0 radical (unpaired) electrons. The zero-order chi connectivity index (χ0) is 12.7. The minimum absolute atomic E-state index is 0.174. The maximum absolute atomic E-state index is 11.9. The maximum Gasteiger partial charge on any atom is 0.211 e. The molecule has 1 aliphatic carbocycles. The number of hydrogen-bond acceptors (Lipinski definition) is 3. The van der Waals surface area contributed by atoms with Gasteiger partial charge in [-0.3, -0.25) is 0 Å². The normalized spacial score (nSPS) is 26.0. The minimum Gasteiger partial charge on any atom is -0.320 e. The van der Waals surface area contributed by atoms with Crippen molar-refractivity contribution < 1.29 is 8.42 Å². The Morgan fingerprint density at radius 1 is 1.24 bits per heavy atom. The zero-order valence-electron chi connectivity index (χ0n) is 11.0. The van der Waals surface area contributed by atoms with Crippen molar-refractivity contribution in [1.82, 2.24) is 10.0 Å². The highest BCUT2D eigenvalue weighted by molar-refractivity contribution is 7.89. The predicted molar refractivity (Wildman–Crippen MR) is 71.5 cm³/mol. The molecule has 1 rings (SSSR count). The van der Waals surface area contributed by atoms with Crippen molar-refractivity contribution in [2.45, 2.75) is 51.5 Å².